The lowest BCUT2D eigenvalue weighted by Gasteiger charge is -2.08. The summed E-state index contributed by atoms with van der Waals surface area (Å²) in [5.41, 5.74) is 2.06. The van der Waals surface area contributed by atoms with Gasteiger partial charge in [-0.15, -0.1) is 11.3 Å². The number of benzene rings is 2. The monoisotopic (exact) mass is 454 g/mol. The summed E-state index contributed by atoms with van der Waals surface area (Å²) in [7, 11) is 1.62. The first-order valence-corrected chi connectivity index (χ1v) is 11.2. The highest BCUT2D eigenvalue weighted by Gasteiger charge is 2.11. The maximum absolute atomic E-state index is 12.2. The Hall–Kier alpha value is -3.39. The molecule has 2 aromatic carbocycles. The van der Waals surface area contributed by atoms with Gasteiger partial charge in [-0.05, 0) is 55.0 Å². The molecule has 0 aliphatic rings. The zero-order valence-corrected chi connectivity index (χ0v) is 18.9. The highest BCUT2D eigenvalue weighted by atomic mass is 32.1. The highest BCUT2D eigenvalue weighted by Crippen LogP contribution is 2.25. The van der Waals surface area contributed by atoms with E-state index in [1.165, 1.54) is 11.3 Å². The van der Waals surface area contributed by atoms with Crippen LogP contribution in [0, 0.1) is 0 Å². The van der Waals surface area contributed by atoms with E-state index in [1.807, 2.05) is 29.6 Å². The van der Waals surface area contributed by atoms with Crippen molar-refractivity contribution in [1.29, 1.82) is 0 Å². The van der Waals surface area contributed by atoms with Crippen LogP contribution in [0.2, 0.25) is 0 Å². The molecule has 1 aromatic heterocycles. The Morgan fingerprint density at radius 2 is 1.75 bits per heavy atom. The SMILES string of the molecule is CCCCOc1ccc(C(=O)NCC(=O)OCc2csc(-c3ccc(OC)cc3)n2)cc1. The lowest BCUT2D eigenvalue weighted by molar-refractivity contribution is -0.143. The summed E-state index contributed by atoms with van der Waals surface area (Å²) in [6, 6.07) is 14.4. The third-order valence-electron chi connectivity index (χ3n) is 4.55. The van der Waals surface area contributed by atoms with E-state index < -0.39 is 5.97 Å². The van der Waals surface area contributed by atoms with Gasteiger partial charge >= 0.3 is 5.97 Å². The average Bonchev–Trinajstić information content (AvgIpc) is 3.31. The van der Waals surface area contributed by atoms with Gasteiger partial charge in [-0.1, -0.05) is 13.3 Å². The molecule has 0 aliphatic carbocycles. The maximum atomic E-state index is 12.2. The van der Waals surface area contributed by atoms with Gasteiger partial charge in [-0.25, -0.2) is 4.98 Å². The third-order valence-corrected chi connectivity index (χ3v) is 5.49. The van der Waals surface area contributed by atoms with E-state index in [0.717, 1.165) is 29.2 Å². The van der Waals surface area contributed by atoms with Crippen molar-refractivity contribution in [2.75, 3.05) is 20.3 Å². The van der Waals surface area contributed by atoms with Crippen LogP contribution >= 0.6 is 11.3 Å². The fourth-order valence-corrected chi connectivity index (χ4v) is 3.55. The van der Waals surface area contributed by atoms with Gasteiger partial charge in [0.2, 0.25) is 0 Å². The minimum absolute atomic E-state index is 0.0468. The molecule has 0 unspecified atom stereocenters. The number of nitrogens with one attached hydrogen (secondary N) is 1. The number of thiazole rings is 1. The molecule has 0 aliphatic heterocycles. The summed E-state index contributed by atoms with van der Waals surface area (Å²) >= 11 is 1.47. The molecule has 0 saturated heterocycles. The van der Waals surface area contributed by atoms with Crippen LogP contribution in [0.5, 0.6) is 11.5 Å². The largest absolute Gasteiger partial charge is 0.497 e. The van der Waals surface area contributed by atoms with Crippen molar-refractivity contribution in [3.8, 4) is 22.1 Å². The number of carbonyl (C=O) groups is 2. The predicted molar refractivity (Wildman–Crippen MR) is 123 cm³/mol. The van der Waals surface area contributed by atoms with E-state index in [4.69, 9.17) is 14.2 Å². The minimum atomic E-state index is -0.531. The van der Waals surface area contributed by atoms with E-state index in [-0.39, 0.29) is 19.1 Å². The van der Waals surface area contributed by atoms with Crippen LogP contribution in [0.4, 0.5) is 0 Å². The van der Waals surface area contributed by atoms with Crippen molar-refractivity contribution < 1.29 is 23.8 Å². The summed E-state index contributed by atoms with van der Waals surface area (Å²) < 4.78 is 16.0. The molecule has 0 bridgehead atoms. The summed E-state index contributed by atoms with van der Waals surface area (Å²) in [5.74, 6) is 0.610. The number of esters is 1. The number of rotatable bonds is 11. The number of unbranched alkanes of at least 4 members (excludes halogenated alkanes) is 1. The van der Waals surface area contributed by atoms with Crippen molar-refractivity contribution >= 4 is 23.2 Å². The van der Waals surface area contributed by atoms with Gasteiger partial charge in [-0.2, -0.15) is 0 Å². The molecular formula is C24H26N2O5S. The third kappa shape index (κ3) is 6.81. The molecule has 8 heteroatoms. The van der Waals surface area contributed by atoms with Crippen molar-refractivity contribution in [3.63, 3.8) is 0 Å². The second kappa shape index (κ2) is 11.9. The summed E-state index contributed by atoms with van der Waals surface area (Å²) in [6.07, 6.45) is 2.04. The van der Waals surface area contributed by atoms with Crippen molar-refractivity contribution in [2.24, 2.45) is 0 Å². The van der Waals surface area contributed by atoms with Gasteiger partial charge in [0.15, 0.2) is 0 Å². The Kier molecular flexibility index (Phi) is 8.62. The Morgan fingerprint density at radius 1 is 1.03 bits per heavy atom. The van der Waals surface area contributed by atoms with E-state index in [2.05, 4.69) is 17.2 Å². The maximum Gasteiger partial charge on any atom is 0.325 e. The van der Waals surface area contributed by atoms with Crippen LogP contribution in [-0.2, 0) is 16.1 Å². The van der Waals surface area contributed by atoms with Gasteiger partial charge in [-0.3, -0.25) is 9.59 Å². The van der Waals surface area contributed by atoms with Gasteiger partial charge in [0.25, 0.3) is 5.91 Å². The first-order chi connectivity index (χ1) is 15.6. The van der Waals surface area contributed by atoms with Crippen LogP contribution in [0.25, 0.3) is 10.6 Å². The van der Waals surface area contributed by atoms with Crippen LogP contribution in [0.3, 0.4) is 0 Å². The topological polar surface area (TPSA) is 86.8 Å². The zero-order chi connectivity index (χ0) is 22.8. The van der Waals surface area contributed by atoms with E-state index in [9.17, 15) is 9.59 Å². The Bertz CT molecular complexity index is 1020. The molecule has 1 amide bonds. The fourth-order valence-electron chi connectivity index (χ4n) is 2.74. The molecule has 0 saturated carbocycles. The number of nitrogens with zero attached hydrogens (tertiary/aromatic N) is 1. The summed E-state index contributed by atoms with van der Waals surface area (Å²) in [6.45, 7) is 2.57. The molecule has 1 heterocycles. The smallest absolute Gasteiger partial charge is 0.325 e. The van der Waals surface area contributed by atoms with Crippen LogP contribution in [0.1, 0.15) is 35.8 Å². The summed E-state index contributed by atoms with van der Waals surface area (Å²) in [5, 5.41) is 5.24. The number of hydrogen-bond donors (Lipinski definition) is 1. The van der Waals surface area contributed by atoms with E-state index in [1.54, 1.807) is 31.4 Å². The molecule has 3 aromatic rings. The van der Waals surface area contributed by atoms with E-state index >= 15 is 0 Å². The molecule has 7 nitrogen and oxygen atoms in total. The zero-order valence-electron chi connectivity index (χ0n) is 18.1. The van der Waals surface area contributed by atoms with Gasteiger partial charge in [0.05, 0.1) is 19.4 Å². The minimum Gasteiger partial charge on any atom is -0.497 e. The number of aromatic nitrogens is 1. The van der Waals surface area contributed by atoms with E-state index in [0.29, 0.717) is 23.6 Å². The molecule has 3 rings (SSSR count). The number of ether oxygens (including phenoxy) is 3. The first kappa shape index (κ1) is 23.3. The normalized spacial score (nSPS) is 10.4. The molecular weight excluding hydrogens is 428 g/mol. The number of hydrogen-bond acceptors (Lipinski definition) is 7. The quantitative estimate of drug-likeness (QED) is 0.340. The van der Waals surface area contributed by atoms with Crippen molar-refractivity contribution in [3.05, 3.63) is 65.2 Å². The summed E-state index contributed by atoms with van der Waals surface area (Å²) in [4.78, 5) is 28.7. The number of methoxy groups -OCH3 is 1. The Morgan fingerprint density at radius 3 is 2.44 bits per heavy atom. The first-order valence-electron chi connectivity index (χ1n) is 10.3. The van der Waals surface area contributed by atoms with Crippen LogP contribution in [-0.4, -0.2) is 37.1 Å². The Labute approximate surface area is 191 Å². The molecule has 168 valence electrons. The molecule has 32 heavy (non-hydrogen) atoms. The van der Waals surface area contributed by atoms with Crippen molar-refractivity contribution in [1.82, 2.24) is 10.3 Å². The second-order valence-electron chi connectivity index (χ2n) is 6.94. The predicted octanol–water partition coefficient (Wildman–Crippen LogP) is 4.47. The Balaban J connectivity index is 1.42. The van der Waals surface area contributed by atoms with Crippen LogP contribution < -0.4 is 14.8 Å². The van der Waals surface area contributed by atoms with Crippen LogP contribution in [0.15, 0.2) is 53.9 Å². The standard InChI is InChI=1S/C24H26N2O5S/c1-3-4-13-30-21-11-5-17(6-12-21)23(28)25-14-22(27)31-15-19-16-32-24(26-19)18-7-9-20(29-2)10-8-18/h5-12,16H,3-4,13-15H2,1-2H3,(H,25,28). The van der Waals surface area contributed by atoms with Gasteiger partial charge < -0.3 is 19.5 Å². The fraction of sp³-hybridized carbons (Fsp3) is 0.292. The number of carbonyl (C=O) groups excluding carboxylic acids is 2. The van der Waals surface area contributed by atoms with Gasteiger partial charge in [0, 0.05) is 16.5 Å². The molecule has 0 spiro atoms. The average molecular weight is 455 g/mol. The second-order valence-corrected chi connectivity index (χ2v) is 7.80. The van der Waals surface area contributed by atoms with Gasteiger partial charge in [0.1, 0.15) is 29.7 Å². The number of amides is 1. The van der Waals surface area contributed by atoms with Crippen molar-refractivity contribution in [2.45, 2.75) is 26.4 Å². The lowest BCUT2D eigenvalue weighted by atomic mass is 10.2. The molecule has 0 atom stereocenters. The molecule has 0 radical (unpaired) electrons. The highest BCUT2D eigenvalue weighted by molar-refractivity contribution is 7.13. The molecule has 0 fully saturated rings. The molecule has 1 N–H and O–H groups in total. The lowest BCUT2D eigenvalue weighted by Crippen LogP contribution is -2.30.